The maximum atomic E-state index is 3.60. The van der Waals surface area contributed by atoms with Crippen molar-refractivity contribution in [3.05, 3.63) is 35.9 Å². The lowest BCUT2D eigenvalue weighted by atomic mass is 10.0. The van der Waals surface area contributed by atoms with E-state index in [1.807, 2.05) is 11.8 Å². The molecule has 2 heteroatoms. The Morgan fingerprint density at radius 2 is 2.00 bits per heavy atom. The van der Waals surface area contributed by atoms with Crippen molar-refractivity contribution < 1.29 is 0 Å². The summed E-state index contributed by atoms with van der Waals surface area (Å²) >= 11 is 1.90. The summed E-state index contributed by atoms with van der Waals surface area (Å²) in [6.07, 6.45) is 4.49. The van der Waals surface area contributed by atoms with Crippen LogP contribution in [0, 0.1) is 0 Å². The van der Waals surface area contributed by atoms with Gasteiger partial charge < -0.3 is 5.32 Å². The summed E-state index contributed by atoms with van der Waals surface area (Å²) in [6.45, 7) is 3.37. The highest BCUT2D eigenvalue weighted by Crippen LogP contribution is 2.05. The summed E-state index contributed by atoms with van der Waals surface area (Å²) in [6, 6.07) is 11.3. The van der Waals surface area contributed by atoms with Crippen LogP contribution in [0.1, 0.15) is 18.9 Å². The van der Waals surface area contributed by atoms with E-state index in [-0.39, 0.29) is 0 Å². The SMILES string of the molecule is CCC(Cc1ccccc1)NCCSC. The number of nitrogens with one attached hydrogen (secondary N) is 1. The van der Waals surface area contributed by atoms with Crippen molar-refractivity contribution in [2.45, 2.75) is 25.8 Å². The fraction of sp³-hybridized carbons (Fsp3) is 0.538. The lowest BCUT2D eigenvalue weighted by Gasteiger charge is -2.16. The zero-order chi connectivity index (χ0) is 10.9. The first-order valence-corrected chi connectivity index (χ1v) is 7.02. The highest BCUT2D eigenvalue weighted by Gasteiger charge is 2.05. The molecule has 1 atom stereocenters. The molecule has 0 bridgehead atoms. The van der Waals surface area contributed by atoms with Gasteiger partial charge in [-0.15, -0.1) is 0 Å². The number of hydrogen-bond donors (Lipinski definition) is 1. The van der Waals surface area contributed by atoms with Crippen LogP contribution in [0.2, 0.25) is 0 Å². The molecule has 0 saturated heterocycles. The molecule has 1 aromatic rings. The van der Waals surface area contributed by atoms with E-state index in [0.717, 1.165) is 13.0 Å². The Labute approximate surface area is 97.7 Å². The highest BCUT2D eigenvalue weighted by molar-refractivity contribution is 7.98. The third kappa shape index (κ3) is 5.24. The molecular weight excluding hydrogens is 202 g/mol. The van der Waals surface area contributed by atoms with E-state index in [1.54, 1.807) is 0 Å². The van der Waals surface area contributed by atoms with Crippen LogP contribution >= 0.6 is 11.8 Å². The summed E-state index contributed by atoms with van der Waals surface area (Å²) in [4.78, 5) is 0. The molecule has 1 nitrogen and oxygen atoms in total. The molecule has 0 aromatic heterocycles. The minimum absolute atomic E-state index is 0.625. The van der Waals surface area contributed by atoms with Gasteiger partial charge in [0.15, 0.2) is 0 Å². The Hall–Kier alpha value is -0.470. The van der Waals surface area contributed by atoms with Crippen LogP contribution < -0.4 is 5.32 Å². The summed E-state index contributed by atoms with van der Waals surface area (Å²) < 4.78 is 0. The fourth-order valence-corrected chi connectivity index (χ4v) is 1.95. The quantitative estimate of drug-likeness (QED) is 0.713. The van der Waals surface area contributed by atoms with Crippen LogP contribution in [0.25, 0.3) is 0 Å². The molecule has 1 N–H and O–H groups in total. The van der Waals surface area contributed by atoms with Gasteiger partial charge >= 0.3 is 0 Å². The van der Waals surface area contributed by atoms with E-state index in [0.29, 0.717) is 6.04 Å². The third-order valence-corrected chi connectivity index (χ3v) is 3.17. The fourth-order valence-electron chi connectivity index (χ4n) is 1.62. The van der Waals surface area contributed by atoms with Crippen molar-refractivity contribution in [3.8, 4) is 0 Å². The van der Waals surface area contributed by atoms with E-state index in [1.165, 1.54) is 17.7 Å². The van der Waals surface area contributed by atoms with Crippen molar-refractivity contribution in [2.24, 2.45) is 0 Å². The van der Waals surface area contributed by atoms with E-state index < -0.39 is 0 Å². The largest absolute Gasteiger partial charge is 0.313 e. The first-order valence-electron chi connectivity index (χ1n) is 5.63. The maximum Gasteiger partial charge on any atom is 0.0105 e. The predicted molar refractivity (Wildman–Crippen MR) is 70.6 cm³/mol. The molecule has 0 saturated carbocycles. The average molecular weight is 223 g/mol. The Morgan fingerprint density at radius 3 is 2.60 bits per heavy atom. The smallest absolute Gasteiger partial charge is 0.0105 e. The Morgan fingerprint density at radius 1 is 1.27 bits per heavy atom. The summed E-state index contributed by atoms with van der Waals surface area (Å²) in [5.41, 5.74) is 1.43. The van der Waals surface area contributed by atoms with Crippen LogP contribution in [0.5, 0.6) is 0 Å². The second-order valence-corrected chi connectivity index (χ2v) is 4.73. The van der Waals surface area contributed by atoms with Crippen molar-refractivity contribution in [1.29, 1.82) is 0 Å². The molecular formula is C13H21NS. The zero-order valence-corrected chi connectivity index (χ0v) is 10.5. The number of thioether (sulfide) groups is 1. The first-order chi connectivity index (χ1) is 7.36. The molecule has 0 spiro atoms. The summed E-state index contributed by atoms with van der Waals surface area (Å²) in [5.74, 6) is 1.20. The first kappa shape index (κ1) is 12.6. The van der Waals surface area contributed by atoms with Crippen LogP contribution in [-0.2, 0) is 6.42 Å². The molecule has 0 radical (unpaired) electrons. The Kier molecular flexibility index (Phi) is 6.53. The van der Waals surface area contributed by atoms with Crippen LogP contribution in [0.15, 0.2) is 30.3 Å². The van der Waals surface area contributed by atoms with Crippen LogP contribution in [0.3, 0.4) is 0 Å². The Balaban J connectivity index is 2.33. The molecule has 0 heterocycles. The zero-order valence-electron chi connectivity index (χ0n) is 9.70. The maximum absolute atomic E-state index is 3.60. The standard InChI is InChI=1S/C13H21NS/c1-3-13(14-9-10-15-2)11-12-7-5-4-6-8-12/h4-8,13-14H,3,9-11H2,1-2H3. The minimum atomic E-state index is 0.625. The monoisotopic (exact) mass is 223 g/mol. The van der Waals surface area contributed by atoms with Gasteiger partial charge in [0.05, 0.1) is 0 Å². The second-order valence-electron chi connectivity index (χ2n) is 3.74. The number of rotatable bonds is 7. The lowest BCUT2D eigenvalue weighted by Crippen LogP contribution is -2.32. The van der Waals surface area contributed by atoms with Crippen molar-refractivity contribution in [1.82, 2.24) is 5.32 Å². The van der Waals surface area contributed by atoms with Crippen molar-refractivity contribution in [2.75, 3.05) is 18.6 Å². The molecule has 1 aromatic carbocycles. The molecule has 0 aliphatic heterocycles. The van der Waals surface area contributed by atoms with E-state index in [4.69, 9.17) is 0 Å². The molecule has 84 valence electrons. The van der Waals surface area contributed by atoms with Gasteiger partial charge in [0, 0.05) is 18.3 Å². The number of hydrogen-bond acceptors (Lipinski definition) is 2. The summed E-state index contributed by atoms with van der Waals surface area (Å²) in [5, 5.41) is 3.60. The molecule has 1 rings (SSSR count). The third-order valence-electron chi connectivity index (χ3n) is 2.56. The summed E-state index contributed by atoms with van der Waals surface area (Å²) in [7, 11) is 0. The van der Waals surface area contributed by atoms with Crippen molar-refractivity contribution in [3.63, 3.8) is 0 Å². The van der Waals surface area contributed by atoms with E-state index >= 15 is 0 Å². The highest BCUT2D eigenvalue weighted by atomic mass is 32.2. The molecule has 0 amide bonds. The van der Waals surface area contributed by atoms with Gasteiger partial charge in [0.2, 0.25) is 0 Å². The van der Waals surface area contributed by atoms with Gasteiger partial charge in [-0.05, 0) is 24.7 Å². The molecule has 1 unspecified atom stereocenters. The van der Waals surface area contributed by atoms with Gasteiger partial charge in [0.1, 0.15) is 0 Å². The molecule has 15 heavy (non-hydrogen) atoms. The predicted octanol–water partition coefficient (Wildman–Crippen LogP) is 2.96. The van der Waals surface area contributed by atoms with Crippen LogP contribution in [-0.4, -0.2) is 24.6 Å². The van der Waals surface area contributed by atoms with Gasteiger partial charge in [-0.2, -0.15) is 11.8 Å². The topological polar surface area (TPSA) is 12.0 Å². The van der Waals surface area contributed by atoms with E-state index in [2.05, 4.69) is 48.8 Å². The molecule has 0 fully saturated rings. The second kappa shape index (κ2) is 7.77. The van der Waals surface area contributed by atoms with Crippen molar-refractivity contribution >= 4 is 11.8 Å². The number of benzene rings is 1. The lowest BCUT2D eigenvalue weighted by molar-refractivity contribution is 0.512. The van der Waals surface area contributed by atoms with Gasteiger partial charge in [-0.3, -0.25) is 0 Å². The van der Waals surface area contributed by atoms with Gasteiger partial charge in [-0.25, -0.2) is 0 Å². The van der Waals surface area contributed by atoms with Gasteiger partial charge in [0.25, 0.3) is 0 Å². The molecule has 0 aliphatic carbocycles. The van der Waals surface area contributed by atoms with Crippen LogP contribution in [0.4, 0.5) is 0 Å². The minimum Gasteiger partial charge on any atom is -0.313 e. The average Bonchev–Trinajstić information content (AvgIpc) is 2.29. The Bertz CT molecular complexity index is 248. The normalized spacial score (nSPS) is 12.7. The molecule has 0 aliphatic rings. The van der Waals surface area contributed by atoms with E-state index in [9.17, 15) is 0 Å². The van der Waals surface area contributed by atoms with Gasteiger partial charge in [-0.1, -0.05) is 37.3 Å².